The Hall–Kier alpha value is -1.76. The van der Waals surface area contributed by atoms with Crippen LogP contribution in [0.1, 0.15) is 17.6 Å². The highest BCUT2D eigenvalue weighted by atomic mass is 16.3. The van der Waals surface area contributed by atoms with E-state index >= 15 is 0 Å². The SMILES string of the molecule is Cn1cnc(C(O)Cc2nnn(C)n2)c1. The zero-order valence-corrected chi connectivity index (χ0v) is 8.57. The van der Waals surface area contributed by atoms with E-state index in [4.69, 9.17) is 0 Å². The lowest BCUT2D eigenvalue weighted by molar-refractivity contribution is 0.171. The van der Waals surface area contributed by atoms with Gasteiger partial charge in [-0.2, -0.15) is 4.80 Å². The number of nitrogens with zero attached hydrogens (tertiary/aromatic N) is 6. The number of tetrazole rings is 1. The second kappa shape index (κ2) is 3.77. The van der Waals surface area contributed by atoms with Crippen molar-refractivity contribution in [2.75, 3.05) is 0 Å². The zero-order chi connectivity index (χ0) is 10.8. The third kappa shape index (κ3) is 2.18. The van der Waals surface area contributed by atoms with Gasteiger partial charge in [-0.15, -0.1) is 10.2 Å². The smallest absolute Gasteiger partial charge is 0.177 e. The van der Waals surface area contributed by atoms with Crippen molar-refractivity contribution in [3.63, 3.8) is 0 Å². The molecule has 1 N–H and O–H groups in total. The van der Waals surface area contributed by atoms with Crippen molar-refractivity contribution in [1.82, 2.24) is 29.8 Å². The minimum absolute atomic E-state index is 0.324. The first-order chi connectivity index (χ1) is 7.15. The largest absolute Gasteiger partial charge is 0.386 e. The minimum Gasteiger partial charge on any atom is -0.386 e. The van der Waals surface area contributed by atoms with E-state index in [0.29, 0.717) is 17.9 Å². The van der Waals surface area contributed by atoms with Gasteiger partial charge in [-0.25, -0.2) is 4.98 Å². The van der Waals surface area contributed by atoms with Gasteiger partial charge in [-0.05, 0) is 5.21 Å². The third-order valence-corrected chi connectivity index (χ3v) is 1.99. The fourth-order valence-electron chi connectivity index (χ4n) is 1.29. The molecule has 15 heavy (non-hydrogen) atoms. The summed E-state index contributed by atoms with van der Waals surface area (Å²) in [5.41, 5.74) is 0.616. The van der Waals surface area contributed by atoms with Crippen LogP contribution >= 0.6 is 0 Å². The summed E-state index contributed by atoms with van der Waals surface area (Å²) in [5.74, 6) is 0.510. The minimum atomic E-state index is -0.685. The van der Waals surface area contributed by atoms with Gasteiger partial charge >= 0.3 is 0 Å². The van der Waals surface area contributed by atoms with Crippen molar-refractivity contribution in [2.45, 2.75) is 12.5 Å². The van der Waals surface area contributed by atoms with Gasteiger partial charge in [0.15, 0.2) is 5.82 Å². The molecule has 2 rings (SSSR count). The Morgan fingerprint density at radius 1 is 1.47 bits per heavy atom. The summed E-state index contributed by atoms with van der Waals surface area (Å²) in [6.07, 6.45) is 3.05. The van der Waals surface area contributed by atoms with Crippen molar-refractivity contribution in [1.29, 1.82) is 0 Å². The monoisotopic (exact) mass is 208 g/mol. The second-order valence-electron chi connectivity index (χ2n) is 3.38. The molecule has 7 heteroatoms. The standard InChI is InChI=1S/C8H12N6O/c1-13-4-6(9-5-13)7(15)3-8-10-12-14(2)11-8/h4-5,7,15H,3H2,1-2H3. The summed E-state index contributed by atoms with van der Waals surface area (Å²) < 4.78 is 1.78. The molecule has 0 fully saturated rings. The lowest BCUT2D eigenvalue weighted by Gasteiger charge is -2.02. The zero-order valence-electron chi connectivity index (χ0n) is 8.57. The first-order valence-electron chi connectivity index (χ1n) is 4.54. The van der Waals surface area contributed by atoms with Gasteiger partial charge < -0.3 is 9.67 Å². The summed E-state index contributed by atoms with van der Waals surface area (Å²) >= 11 is 0. The quantitative estimate of drug-likeness (QED) is 0.715. The lowest BCUT2D eigenvalue weighted by Crippen LogP contribution is -2.04. The van der Waals surface area contributed by atoms with E-state index in [9.17, 15) is 5.11 Å². The number of aliphatic hydroxyl groups is 1. The molecule has 1 unspecified atom stereocenters. The van der Waals surface area contributed by atoms with Gasteiger partial charge in [-0.3, -0.25) is 0 Å². The molecule has 7 nitrogen and oxygen atoms in total. The van der Waals surface area contributed by atoms with Gasteiger partial charge in [0, 0.05) is 19.7 Å². The molecular weight excluding hydrogens is 196 g/mol. The number of hydrogen-bond acceptors (Lipinski definition) is 5. The molecule has 2 heterocycles. The maximum Gasteiger partial charge on any atom is 0.177 e. The molecule has 0 aromatic carbocycles. The fourth-order valence-corrected chi connectivity index (χ4v) is 1.29. The van der Waals surface area contributed by atoms with Crippen LogP contribution in [-0.4, -0.2) is 34.9 Å². The third-order valence-electron chi connectivity index (χ3n) is 1.99. The summed E-state index contributed by atoms with van der Waals surface area (Å²) in [4.78, 5) is 5.41. The topological polar surface area (TPSA) is 81.6 Å². The number of aromatic nitrogens is 6. The van der Waals surface area contributed by atoms with E-state index in [0.717, 1.165) is 0 Å². The van der Waals surface area contributed by atoms with Crippen LogP contribution in [0.25, 0.3) is 0 Å². The Morgan fingerprint density at radius 2 is 2.27 bits per heavy atom. The highest BCUT2D eigenvalue weighted by Crippen LogP contribution is 2.13. The summed E-state index contributed by atoms with van der Waals surface area (Å²) in [5, 5.41) is 21.3. The maximum atomic E-state index is 9.80. The Kier molecular flexibility index (Phi) is 2.46. The molecule has 0 radical (unpaired) electrons. The summed E-state index contributed by atoms with van der Waals surface area (Å²) in [6.45, 7) is 0. The van der Waals surface area contributed by atoms with Crippen molar-refractivity contribution in [2.24, 2.45) is 14.1 Å². The molecule has 0 aliphatic rings. The molecule has 0 aliphatic heterocycles. The Labute approximate surface area is 86.4 Å². The van der Waals surface area contributed by atoms with Crippen LogP contribution in [0.4, 0.5) is 0 Å². The van der Waals surface area contributed by atoms with Crippen molar-refractivity contribution in [3.8, 4) is 0 Å². The van der Waals surface area contributed by atoms with Gasteiger partial charge in [0.25, 0.3) is 0 Å². The van der Waals surface area contributed by atoms with Crippen LogP contribution in [0.15, 0.2) is 12.5 Å². The Balaban J connectivity index is 2.06. The van der Waals surface area contributed by atoms with Crippen molar-refractivity contribution in [3.05, 3.63) is 24.0 Å². The van der Waals surface area contributed by atoms with Gasteiger partial charge in [0.05, 0.1) is 19.1 Å². The molecule has 0 saturated heterocycles. The lowest BCUT2D eigenvalue weighted by atomic mass is 10.2. The van der Waals surface area contributed by atoms with Crippen molar-refractivity contribution < 1.29 is 5.11 Å². The molecule has 1 atom stereocenters. The van der Waals surface area contributed by atoms with E-state index in [2.05, 4.69) is 20.4 Å². The van der Waals surface area contributed by atoms with Crippen LogP contribution in [0.3, 0.4) is 0 Å². The molecular formula is C8H12N6O. The van der Waals surface area contributed by atoms with Gasteiger partial charge in [0.2, 0.25) is 0 Å². The first-order valence-corrected chi connectivity index (χ1v) is 4.54. The van der Waals surface area contributed by atoms with Gasteiger partial charge in [0.1, 0.15) is 6.10 Å². The van der Waals surface area contributed by atoms with Crippen LogP contribution in [0, 0.1) is 0 Å². The number of aryl methyl sites for hydroxylation is 2. The first kappa shape index (κ1) is 9.78. The molecule has 0 aliphatic carbocycles. The highest BCUT2D eigenvalue weighted by Gasteiger charge is 2.14. The number of imidazole rings is 1. The van der Waals surface area contributed by atoms with E-state index in [-0.39, 0.29) is 0 Å². The van der Waals surface area contributed by atoms with Gasteiger partial charge in [-0.1, -0.05) is 0 Å². The molecule has 2 aromatic heterocycles. The number of aliphatic hydroxyl groups excluding tert-OH is 1. The Bertz CT molecular complexity index is 447. The summed E-state index contributed by atoms with van der Waals surface area (Å²) in [6, 6.07) is 0. The average molecular weight is 208 g/mol. The normalized spacial score (nSPS) is 13.0. The Morgan fingerprint density at radius 3 is 2.80 bits per heavy atom. The molecule has 0 saturated carbocycles. The van der Waals surface area contributed by atoms with Crippen LogP contribution in [0.2, 0.25) is 0 Å². The summed E-state index contributed by atoms with van der Waals surface area (Å²) in [7, 11) is 3.54. The predicted octanol–water partition coefficient (Wildman–Crippen LogP) is -0.780. The number of hydrogen-bond donors (Lipinski definition) is 1. The molecule has 0 bridgehead atoms. The van der Waals surface area contributed by atoms with Crippen molar-refractivity contribution >= 4 is 0 Å². The van der Waals surface area contributed by atoms with E-state index in [1.807, 2.05) is 7.05 Å². The van der Waals surface area contributed by atoms with Crippen LogP contribution < -0.4 is 0 Å². The second-order valence-corrected chi connectivity index (χ2v) is 3.38. The van der Waals surface area contributed by atoms with Crippen LogP contribution in [0.5, 0.6) is 0 Å². The number of rotatable bonds is 3. The average Bonchev–Trinajstić information content (AvgIpc) is 2.75. The molecule has 0 spiro atoms. The van der Waals surface area contributed by atoms with E-state index in [1.165, 1.54) is 4.80 Å². The molecule has 0 amide bonds. The molecule has 80 valence electrons. The van der Waals surface area contributed by atoms with Crippen LogP contribution in [-0.2, 0) is 20.5 Å². The maximum absolute atomic E-state index is 9.80. The van der Waals surface area contributed by atoms with E-state index < -0.39 is 6.10 Å². The highest BCUT2D eigenvalue weighted by molar-refractivity contribution is 5.03. The molecule has 2 aromatic rings. The van der Waals surface area contributed by atoms with E-state index in [1.54, 1.807) is 24.1 Å². The fraction of sp³-hybridized carbons (Fsp3) is 0.500. The predicted molar refractivity (Wildman–Crippen MR) is 50.7 cm³/mol.